The molecule has 0 spiro atoms. The molecule has 1 aliphatic carbocycles. The highest BCUT2D eigenvalue weighted by Crippen LogP contribution is 2.47. The van der Waals surface area contributed by atoms with E-state index in [2.05, 4.69) is 22.7 Å². The van der Waals surface area contributed by atoms with Gasteiger partial charge < -0.3 is 0 Å². The number of amides is 1. The topological polar surface area (TPSA) is 50.2 Å². The summed E-state index contributed by atoms with van der Waals surface area (Å²) in [6, 6.07) is 20.1. The lowest BCUT2D eigenvalue weighted by Crippen LogP contribution is -2.43. The fraction of sp³-hybridized carbons (Fsp3) is 0.238. The Labute approximate surface area is 153 Å². The highest BCUT2D eigenvalue weighted by atomic mass is 16.2. The number of hydrogen-bond acceptors (Lipinski definition) is 3. The molecule has 3 aromatic rings. The summed E-state index contributed by atoms with van der Waals surface area (Å²) in [7, 11) is 1.90. The molecule has 2 atom stereocenters. The van der Waals surface area contributed by atoms with Crippen LogP contribution in [0.15, 0.2) is 73.1 Å². The van der Waals surface area contributed by atoms with Gasteiger partial charge in [-0.05, 0) is 35.6 Å². The van der Waals surface area contributed by atoms with E-state index < -0.39 is 0 Å². The summed E-state index contributed by atoms with van der Waals surface area (Å²) in [4.78, 5) is 12.8. The zero-order valence-corrected chi connectivity index (χ0v) is 14.7. The zero-order valence-electron chi connectivity index (χ0n) is 14.7. The third kappa shape index (κ3) is 3.61. The first-order chi connectivity index (χ1) is 12.7. The fourth-order valence-corrected chi connectivity index (χ4v) is 3.27. The van der Waals surface area contributed by atoms with Crippen molar-refractivity contribution in [3.8, 4) is 0 Å². The molecule has 2 aromatic carbocycles. The van der Waals surface area contributed by atoms with E-state index in [9.17, 15) is 4.79 Å². The Hall–Kier alpha value is -3.08. The molecule has 1 fully saturated rings. The molecule has 0 radical (unpaired) electrons. The summed E-state index contributed by atoms with van der Waals surface area (Å²) < 4.78 is 1.79. The Kier molecular flexibility index (Phi) is 4.44. The van der Waals surface area contributed by atoms with Crippen LogP contribution in [0.5, 0.6) is 0 Å². The number of benzene rings is 2. The lowest BCUT2D eigenvalue weighted by Gasteiger charge is -2.25. The number of nitrogens with one attached hydrogen (secondary N) is 1. The number of carbonyl (C=O) groups is 1. The Bertz CT molecular complexity index is 875. The maximum atomic E-state index is 12.8. The average Bonchev–Trinajstić information content (AvgIpc) is 3.37. The summed E-state index contributed by atoms with van der Waals surface area (Å²) in [5.74, 6) is 0.359. The van der Waals surface area contributed by atoms with Crippen LogP contribution in [0.2, 0.25) is 0 Å². The van der Waals surface area contributed by atoms with E-state index in [0.29, 0.717) is 6.54 Å². The third-order valence-electron chi connectivity index (χ3n) is 4.78. The van der Waals surface area contributed by atoms with Gasteiger partial charge in [-0.3, -0.25) is 19.9 Å². The van der Waals surface area contributed by atoms with Crippen LogP contribution in [0.1, 0.15) is 23.5 Å². The molecule has 1 heterocycles. The zero-order chi connectivity index (χ0) is 17.9. The summed E-state index contributed by atoms with van der Waals surface area (Å²) in [6.45, 7) is 0.626. The van der Waals surface area contributed by atoms with E-state index in [1.54, 1.807) is 4.68 Å². The van der Waals surface area contributed by atoms with Gasteiger partial charge in [-0.15, -0.1) is 0 Å². The summed E-state index contributed by atoms with van der Waals surface area (Å²) in [5.41, 5.74) is 6.38. The van der Waals surface area contributed by atoms with Gasteiger partial charge in [-0.2, -0.15) is 5.10 Å². The lowest BCUT2D eigenvalue weighted by molar-refractivity contribution is -0.122. The first-order valence-corrected chi connectivity index (χ1v) is 8.86. The molecule has 4 rings (SSSR count). The largest absolute Gasteiger partial charge is 0.281 e. The van der Waals surface area contributed by atoms with Crippen molar-refractivity contribution < 1.29 is 4.79 Å². The molecule has 26 heavy (non-hydrogen) atoms. The summed E-state index contributed by atoms with van der Waals surface area (Å²) >= 11 is 0. The van der Waals surface area contributed by atoms with Crippen molar-refractivity contribution in [2.75, 3.05) is 5.01 Å². The van der Waals surface area contributed by atoms with Crippen LogP contribution in [0.4, 0.5) is 5.69 Å². The second-order valence-corrected chi connectivity index (χ2v) is 6.78. The van der Waals surface area contributed by atoms with Crippen molar-refractivity contribution in [2.24, 2.45) is 13.0 Å². The maximum Gasteiger partial charge on any atom is 0.242 e. The van der Waals surface area contributed by atoms with Crippen molar-refractivity contribution in [2.45, 2.75) is 18.9 Å². The number of para-hydroxylation sites is 1. The van der Waals surface area contributed by atoms with Gasteiger partial charge in [0.05, 0.1) is 18.4 Å². The molecule has 5 nitrogen and oxygen atoms in total. The van der Waals surface area contributed by atoms with Gasteiger partial charge in [0.25, 0.3) is 0 Å². The van der Waals surface area contributed by atoms with Crippen LogP contribution in [0.3, 0.4) is 0 Å². The second-order valence-electron chi connectivity index (χ2n) is 6.78. The molecule has 132 valence electrons. The standard InChI is InChI=1S/C21H22N4O/c1-24-15-17(13-22-24)19-12-20(19)21(26)23-25(18-10-6-3-7-11-18)14-16-8-4-2-5-9-16/h2-11,13,15,19-20H,12,14H2,1H3,(H,23,26). The highest BCUT2D eigenvalue weighted by molar-refractivity contribution is 5.84. The summed E-state index contributed by atoms with van der Waals surface area (Å²) in [5, 5.41) is 6.14. The van der Waals surface area contributed by atoms with E-state index in [1.165, 1.54) is 0 Å². The van der Waals surface area contributed by atoms with Gasteiger partial charge in [-0.1, -0.05) is 48.5 Å². The molecule has 0 bridgehead atoms. The summed E-state index contributed by atoms with van der Waals surface area (Å²) in [6.07, 6.45) is 4.74. The Morgan fingerprint density at radius 3 is 2.50 bits per heavy atom. The number of anilines is 1. The molecule has 1 saturated carbocycles. The van der Waals surface area contributed by atoms with Crippen molar-refractivity contribution in [3.63, 3.8) is 0 Å². The lowest BCUT2D eigenvalue weighted by atomic mass is 10.2. The molecule has 1 aromatic heterocycles. The first kappa shape index (κ1) is 16.4. The van der Waals surface area contributed by atoms with Crippen molar-refractivity contribution >= 4 is 11.6 Å². The second kappa shape index (κ2) is 7.04. The molecule has 1 N–H and O–H groups in total. The first-order valence-electron chi connectivity index (χ1n) is 8.86. The number of hydrazine groups is 1. The minimum atomic E-state index is 0.0150. The van der Waals surface area contributed by atoms with Gasteiger partial charge in [0, 0.05) is 19.2 Å². The predicted octanol–water partition coefficient (Wildman–Crippen LogP) is 3.26. The van der Waals surface area contributed by atoms with Crippen molar-refractivity contribution in [3.05, 3.63) is 84.2 Å². The molecular formula is C21H22N4O. The molecular weight excluding hydrogens is 324 g/mol. The number of carbonyl (C=O) groups excluding carboxylic acids is 1. The number of nitrogens with zero attached hydrogens (tertiary/aromatic N) is 3. The van der Waals surface area contributed by atoms with Crippen LogP contribution in [-0.2, 0) is 18.4 Å². The monoisotopic (exact) mass is 346 g/mol. The molecule has 0 aliphatic heterocycles. The van der Waals surface area contributed by atoms with Gasteiger partial charge >= 0.3 is 0 Å². The van der Waals surface area contributed by atoms with Gasteiger partial charge in [0.1, 0.15) is 0 Å². The SMILES string of the molecule is Cn1cc(C2CC2C(=O)NN(Cc2ccccc2)c2ccccc2)cn1. The molecule has 0 saturated heterocycles. The van der Waals surface area contributed by atoms with Crippen LogP contribution in [-0.4, -0.2) is 15.7 Å². The smallest absolute Gasteiger partial charge is 0.242 e. The number of aryl methyl sites for hydroxylation is 1. The predicted molar refractivity (Wildman–Crippen MR) is 101 cm³/mol. The van der Waals surface area contributed by atoms with Crippen LogP contribution >= 0.6 is 0 Å². The minimum absolute atomic E-state index is 0.0150. The molecule has 1 aliphatic rings. The number of rotatable bonds is 6. The van der Waals surface area contributed by atoms with Gasteiger partial charge in [-0.25, -0.2) is 0 Å². The van der Waals surface area contributed by atoms with E-state index in [0.717, 1.165) is 23.2 Å². The van der Waals surface area contributed by atoms with E-state index in [1.807, 2.05) is 73.0 Å². The van der Waals surface area contributed by atoms with E-state index in [4.69, 9.17) is 0 Å². The van der Waals surface area contributed by atoms with E-state index >= 15 is 0 Å². The Balaban J connectivity index is 1.47. The quantitative estimate of drug-likeness (QED) is 0.697. The van der Waals surface area contributed by atoms with Crippen LogP contribution in [0, 0.1) is 5.92 Å². The van der Waals surface area contributed by atoms with Gasteiger partial charge in [0.15, 0.2) is 0 Å². The Morgan fingerprint density at radius 2 is 1.85 bits per heavy atom. The normalized spacial score (nSPS) is 18.3. The van der Waals surface area contributed by atoms with Gasteiger partial charge in [0.2, 0.25) is 5.91 Å². The average molecular weight is 346 g/mol. The fourth-order valence-electron chi connectivity index (χ4n) is 3.27. The van der Waals surface area contributed by atoms with Crippen LogP contribution < -0.4 is 10.4 Å². The highest BCUT2D eigenvalue weighted by Gasteiger charge is 2.45. The molecule has 2 unspecified atom stereocenters. The van der Waals surface area contributed by atoms with Crippen molar-refractivity contribution in [1.29, 1.82) is 0 Å². The number of hydrogen-bond donors (Lipinski definition) is 1. The van der Waals surface area contributed by atoms with Crippen molar-refractivity contribution in [1.82, 2.24) is 15.2 Å². The maximum absolute atomic E-state index is 12.8. The molecule has 5 heteroatoms. The van der Waals surface area contributed by atoms with Crippen LogP contribution in [0.25, 0.3) is 0 Å². The Morgan fingerprint density at radius 1 is 1.15 bits per heavy atom. The number of aromatic nitrogens is 2. The van der Waals surface area contributed by atoms with E-state index in [-0.39, 0.29) is 17.7 Å². The third-order valence-corrected chi connectivity index (χ3v) is 4.78. The molecule has 1 amide bonds. The minimum Gasteiger partial charge on any atom is -0.281 e.